The van der Waals surface area contributed by atoms with Crippen molar-refractivity contribution in [2.45, 2.75) is 6.92 Å². The van der Waals surface area contributed by atoms with Crippen LogP contribution in [0.15, 0.2) is 54.6 Å². The van der Waals surface area contributed by atoms with Gasteiger partial charge in [0.1, 0.15) is 0 Å². The number of rotatable bonds is 4. The fourth-order valence-electron chi connectivity index (χ4n) is 3.17. The average Bonchev–Trinajstić information content (AvgIpc) is 2.73. The first-order chi connectivity index (χ1) is 12.6. The summed E-state index contributed by atoms with van der Waals surface area (Å²) < 4.78 is 0. The van der Waals surface area contributed by atoms with Gasteiger partial charge in [0.15, 0.2) is 0 Å². The standard InChI is InChI=1S/C21H25N3O2/c1-3-23-13-15-24(16-14-23)21(26)18-11-9-17(10-12-18)20(25)22(2)19-7-5-4-6-8-19/h4-12H,3,13-16H2,1-2H3. The van der Waals surface area contributed by atoms with Crippen molar-refractivity contribution < 1.29 is 9.59 Å². The second-order valence-corrected chi connectivity index (χ2v) is 6.50. The molecule has 0 unspecified atom stereocenters. The van der Waals surface area contributed by atoms with Gasteiger partial charge in [-0.2, -0.15) is 0 Å². The fraction of sp³-hybridized carbons (Fsp3) is 0.333. The third-order valence-corrected chi connectivity index (χ3v) is 4.93. The molecule has 0 aliphatic carbocycles. The van der Waals surface area contributed by atoms with Crippen molar-refractivity contribution in [3.8, 4) is 0 Å². The fourth-order valence-corrected chi connectivity index (χ4v) is 3.17. The van der Waals surface area contributed by atoms with Gasteiger partial charge in [-0.05, 0) is 42.9 Å². The molecular weight excluding hydrogens is 326 g/mol. The van der Waals surface area contributed by atoms with E-state index in [0.29, 0.717) is 11.1 Å². The van der Waals surface area contributed by atoms with Crippen LogP contribution in [0.2, 0.25) is 0 Å². The molecule has 0 atom stereocenters. The molecule has 2 aromatic carbocycles. The molecule has 2 amide bonds. The SMILES string of the molecule is CCN1CCN(C(=O)c2ccc(C(=O)N(C)c3ccccc3)cc2)CC1. The lowest BCUT2D eigenvalue weighted by Crippen LogP contribution is -2.48. The van der Waals surface area contributed by atoms with E-state index in [1.165, 1.54) is 0 Å². The Morgan fingerprint density at radius 1 is 0.885 bits per heavy atom. The molecule has 0 bridgehead atoms. The van der Waals surface area contributed by atoms with Crippen molar-refractivity contribution in [2.75, 3.05) is 44.7 Å². The number of nitrogens with zero attached hydrogens (tertiary/aromatic N) is 3. The Balaban J connectivity index is 1.66. The van der Waals surface area contributed by atoms with Crippen LogP contribution >= 0.6 is 0 Å². The molecule has 1 aliphatic rings. The van der Waals surface area contributed by atoms with Crippen LogP contribution in [0, 0.1) is 0 Å². The predicted octanol–water partition coefficient (Wildman–Crippen LogP) is 2.74. The zero-order valence-electron chi connectivity index (χ0n) is 15.4. The van der Waals surface area contributed by atoms with Crippen LogP contribution in [-0.4, -0.2) is 61.4 Å². The number of carbonyl (C=O) groups is 2. The monoisotopic (exact) mass is 351 g/mol. The third-order valence-electron chi connectivity index (χ3n) is 4.93. The highest BCUT2D eigenvalue weighted by atomic mass is 16.2. The molecule has 1 aliphatic heterocycles. The third kappa shape index (κ3) is 3.94. The number of hydrogen-bond donors (Lipinski definition) is 0. The first-order valence-corrected chi connectivity index (χ1v) is 9.05. The van der Waals surface area contributed by atoms with E-state index in [0.717, 1.165) is 38.4 Å². The lowest BCUT2D eigenvalue weighted by atomic mass is 10.1. The number of benzene rings is 2. The zero-order chi connectivity index (χ0) is 18.5. The number of para-hydroxylation sites is 1. The van der Waals surface area contributed by atoms with Crippen LogP contribution in [0.3, 0.4) is 0 Å². The molecule has 1 fully saturated rings. The van der Waals surface area contributed by atoms with Crippen LogP contribution in [0.1, 0.15) is 27.6 Å². The highest BCUT2D eigenvalue weighted by Gasteiger charge is 2.21. The maximum atomic E-state index is 12.6. The molecule has 1 saturated heterocycles. The summed E-state index contributed by atoms with van der Waals surface area (Å²) in [6.45, 7) is 6.50. The van der Waals surface area contributed by atoms with Crippen LogP contribution in [-0.2, 0) is 0 Å². The van der Waals surface area contributed by atoms with Gasteiger partial charge in [0.05, 0.1) is 0 Å². The number of amides is 2. The molecule has 136 valence electrons. The molecule has 1 heterocycles. The Hall–Kier alpha value is -2.66. The quantitative estimate of drug-likeness (QED) is 0.851. The molecule has 3 rings (SSSR count). The van der Waals surface area contributed by atoms with E-state index >= 15 is 0 Å². The minimum absolute atomic E-state index is 0.0381. The van der Waals surface area contributed by atoms with Crippen LogP contribution in [0.25, 0.3) is 0 Å². The highest BCUT2D eigenvalue weighted by molar-refractivity contribution is 6.06. The van der Waals surface area contributed by atoms with Crippen molar-refractivity contribution in [1.29, 1.82) is 0 Å². The van der Waals surface area contributed by atoms with Crippen molar-refractivity contribution in [3.63, 3.8) is 0 Å². The maximum absolute atomic E-state index is 12.6. The summed E-state index contributed by atoms with van der Waals surface area (Å²) in [5, 5.41) is 0. The molecule has 0 N–H and O–H groups in total. The van der Waals surface area contributed by atoms with Crippen LogP contribution in [0.4, 0.5) is 5.69 Å². The maximum Gasteiger partial charge on any atom is 0.258 e. The van der Waals surface area contributed by atoms with E-state index in [2.05, 4.69) is 11.8 Å². The van der Waals surface area contributed by atoms with E-state index < -0.39 is 0 Å². The number of hydrogen-bond acceptors (Lipinski definition) is 3. The summed E-state index contributed by atoms with van der Waals surface area (Å²) in [5.74, 6) is -0.0528. The van der Waals surface area contributed by atoms with E-state index in [1.54, 1.807) is 36.2 Å². The van der Waals surface area contributed by atoms with E-state index in [-0.39, 0.29) is 11.8 Å². The van der Waals surface area contributed by atoms with Gasteiger partial charge in [-0.1, -0.05) is 25.1 Å². The van der Waals surface area contributed by atoms with Gasteiger partial charge in [-0.15, -0.1) is 0 Å². The largest absolute Gasteiger partial charge is 0.336 e. The molecule has 0 aromatic heterocycles. The Labute approximate surface area is 154 Å². The van der Waals surface area contributed by atoms with E-state index in [4.69, 9.17) is 0 Å². The van der Waals surface area contributed by atoms with Crippen molar-refractivity contribution in [1.82, 2.24) is 9.80 Å². The zero-order valence-corrected chi connectivity index (χ0v) is 15.4. The predicted molar refractivity (Wildman–Crippen MR) is 104 cm³/mol. The normalized spacial score (nSPS) is 14.9. The van der Waals surface area contributed by atoms with Gasteiger partial charge >= 0.3 is 0 Å². The Bertz CT molecular complexity index is 751. The minimum atomic E-state index is -0.0910. The second-order valence-electron chi connectivity index (χ2n) is 6.50. The van der Waals surface area contributed by atoms with Gasteiger partial charge in [0, 0.05) is 50.0 Å². The second kappa shape index (κ2) is 8.15. The minimum Gasteiger partial charge on any atom is -0.336 e. The number of carbonyl (C=O) groups excluding carboxylic acids is 2. The van der Waals surface area contributed by atoms with Crippen LogP contribution in [0.5, 0.6) is 0 Å². The van der Waals surface area contributed by atoms with E-state index in [1.807, 2.05) is 35.2 Å². The summed E-state index contributed by atoms with van der Waals surface area (Å²) in [7, 11) is 1.75. The molecular formula is C21H25N3O2. The van der Waals surface area contributed by atoms with Crippen molar-refractivity contribution in [2.24, 2.45) is 0 Å². The topological polar surface area (TPSA) is 43.9 Å². The lowest BCUT2D eigenvalue weighted by Gasteiger charge is -2.34. The van der Waals surface area contributed by atoms with Crippen molar-refractivity contribution >= 4 is 17.5 Å². The smallest absolute Gasteiger partial charge is 0.258 e. The average molecular weight is 351 g/mol. The lowest BCUT2D eigenvalue weighted by molar-refractivity contribution is 0.0643. The van der Waals surface area contributed by atoms with Gasteiger partial charge in [0.2, 0.25) is 0 Å². The molecule has 5 nitrogen and oxygen atoms in total. The molecule has 2 aromatic rings. The Morgan fingerprint density at radius 3 is 2.04 bits per heavy atom. The summed E-state index contributed by atoms with van der Waals surface area (Å²) in [6, 6.07) is 16.5. The van der Waals surface area contributed by atoms with Gasteiger partial charge < -0.3 is 14.7 Å². The highest BCUT2D eigenvalue weighted by Crippen LogP contribution is 2.16. The van der Waals surface area contributed by atoms with Gasteiger partial charge in [-0.3, -0.25) is 9.59 Å². The first kappa shape index (κ1) is 18.1. The molecule has 0 saturated carbocycles. The molecule has 0 spiro atoms. The summed E-state index contributed by atoms with van der Waals surface area (Å²) in [4.78, 5) is 31.1. The number of piperazine rings is 1. The van der Waals surface area contributed by atoms with Crippen LogP contribution < -0.4 is 4.90 Å². The number of anilines is 1. The summed E-state index contributed by atoms with van der Waals surface area (Å²) in [6.07, 6.45) is 0. The first-order valence-electron chi connectivity index (χ1n) is 9.05. The van der Waals surface area contributed by atoms with Gasteiger partial charge in [-0.25, -0.2) is 0 Å². The summed E-state index contributed by atoms with van der Waals surface area (Å²) in [5.41, 5.74) is 2.05. The molecule has 5 heteroatoms. The van der Waals surface area contributed by atoms with Crippen molar-refractivity contribution in [3.05, 3.63) is 65.7 Å². The number of likely N-dealkylation sites (N-methyl/N-ethyl adjacent to an activating group) is 1. The Kier molecular flexibility index (Phi) is 5.68. The Morgan fingerprint density at radius 2 is 1.46 bits per heavy atom. The van der Waals surface area contributed by atoms with E-state index in [9.17, 15) is 9.59 Å². The molecule has 0 radical (unpaired) electrons. The summed E-state index contributed by atoms with van der Waals surface area (Å²) >= 11 is 0. The van der Waals surface area contributed by atoms with Gasteiger partial charge in [0.25, 0.3) is 11.8 Å². The molecule has 26 heavy (non-hydrogen) atoms.